The number of nitrogens with two attached hydrogens (primary N) is 1. The van der Waals surface area contributed by atoms with Crippen LogP contribution < -0.4 is 11.3 Å². The lowest BCUT2D eigenvalue weighted by molar-refractivity contribution is 0.767. The van der Waals surface area contributed by atoms with Gasteiger partial charge in [0.2, 0.25) is 0 Å². The van der Waals surface area contributed by atoms with Crippen LogP contribution in [0, 0.1) is 0 Å². The summed E-state index contributed by atoms with van der Waals surface area (Å²) in [5.74, 6) is 6.98. The van der Waals surface area contributed by atoms with E-state index in [-0.39, 0.29) is 0 Å². The van der Waals surface area contributed by atoms with Gasteiger partial charge in [-0.2, -0.15) is 5.10 Å². The highest BCUT2D eigenvalue weighted by Gasteiger charge is 2.10. The summed E-state index contributed by atoms with van der Waals surface area (Å²) in [7, 11) is 1.86. The molecule has 3 N–H and O–H groups in total. The lowest BCUT2D eigenvalue weighted by Gasteiger charge is -2.08. The van der Waals surface area contributed by atoms with E-state index in [0.29, 0.717) is 17.6 Å². The molecule has 17 heavy (non-hydrogen) atoms. The summed E-state index contributed by atoms with van der Waals surface area (Å²) in [5.41, 5.74) is 4.39. The average Bonchev–Trinajstić information content (AvgIpc) is 2.75. The largest absolute Gasteiger partial charge is 0.308 e. The average molecular weight is 232 g/mol. The summed E-state index contributed by atoms with van der Waals surface area (Å²) < 4.78 is 1.72. The fraction of sp³-hybridized carbons (Fsp3) is 0.364. The maximum atomic E-state index is 5.41. The maximum absolute atomic E-state index is 5.41. The number of nitrogen functional groups attached to an aromatic ring is 1. The first kappa shape index (κ1) is 11.5. The third-order valence-corrected chi connectivity index (χ3v) is 2.45. The van der Waals surface area contributed by atoms with E-state index < -0.39 is 0 Å². The topological polar surface area (TPSA) is 81.6 Å². The van der Waals surface area contributed by atoms with Crippen LogP contribution >= 0.6 is 0 Å². The molecule has 2 aromatic heterocycles. The molecule has 0 aromatic carbocycles. The van der Waals surface area contributed by atoms with Crippen LogP contribution in [0.2, 0.25) is 0 Å². The zero-order valence-corrected chi connectivity index (χ0v) is 10.2. The lowest BCUT2D eigenvalue weighted by Crippen LogP contribution is -2.11. The van der Waals surface area contributed by atoms with E-state index in [4.69, 9.17) is 5.84 Å². The Morgan fingerprint density at radius 2 is 2.12 bits per heavy atom. The van der Waals surface area contributed by atoms with E-state index in [9.17, 15) is 0 Å². The number of hydrazine groups is 1. The normalized spacial score (nSPS) is 10.9. The molecule has 0 saturated heterocycles. The molecule has 0 aliphatic rings. The number of nitrogens with zero attached hydrogens (tertiary/aromatic N) is 4. The number of hydrogen-bond acceptors (Lipinski definition) is 5. The summed E-state index contributed by atoms with van der Waals surface area (Å²) in [6.07, 6.45) is 3.61. The van der Waals surface area contributed by atoms with Gasteiger partial charge in [0.15, 0.2) is 5.82 Å². The third kappa shape index (κ3) is 2.42. The molecule has 0 radical (unpaired) electrons. The number of rotatable bonds is 3. The molecular formula is C11H16N6. The van der Waals surface area contributed by atoms with Crippen LogP contribution in [-0.2, 0) is 7.05 Å². The zero-order valence-electron chi connectivity index (χ0n) is 10.2. The molecule has 6 heteroatoms. The first-order valence-electron chi connectivity index (χ1n) is 5.44. The van der Waals surface area contributed by atoms with E-state index in [0.717, 1.165) is 11.3 Å². The van der Waals surface area contributed by atoms with Crippen molar-refractivity contribution >= 4 is 5.82 Å². The number of aromatic nitrogens is 4. The van der Waals surface area contributed by atoms with Gasteiger partial charge in [0.05, 0.1) is 11.8 Å². The van der Waals surface area contributed by atoms with Crippen LogP contribution in [0.4, 0.5) is 5.82 Å². The standard InChI is InChI=1S/C11H16N6/c1-7(2)9-4-10(16-12)15-11(14-9)8-5-13-17(3)6-8/h4-7H,12H2,1-3H3,(H,14,15,16). The second-order valence-corrected chi connectivity index (χ2v) is 4.20. The van der Waals surface area contributed by atoms with Crippen molar-refractivity contribution in [3.8, 4) is 11.4 Å². The molecule has 0 aliphatic heterocycles. The van der Waals surface area contributed by atoms with Gasteiger partial charge in [-0.25, -0.2) is 15.8 Å². The van der Waals surface area contributed by atoms with Gasteiger partial charge in [0.25, 0.3) is 0 Å². The zero-order chi connectivity index (χ0) is 12.4. The van der Waals surface area contributed by atoms with Gasteiger partial charge in [0, 0.05) is 25.0 Å². The van der Waals surface area contributed by atoms with Crippen LogP contribution in [0.15, 0.2) is 18.5 Å². The Balaban J connectivity index is 2.49. The first-order chi connectivity index (χ1) is 8.10. The molecule has 0 saturated carbocycles. The summed E-state index contributed by atoms with van der Waals surface area (Å²) in [6, 6.07) is 1.85. The van der Waals surface area contributed by atoms with Crippen molar-refractivity contribution in [1.29, 1.82) is 0 Å². The van der Waals surface area contributed by atoms with Gasteiger partial charge < -0.3 is 5.43 Å². The van der Waals surface area contributed by atoms with Crippen LogP contribution in [0.3, 0.4) is 0 Å². The van der Waals surface area contributed by atoms with Gasteiger partial charge in [-0.1, -0.05) is 13.8 Å². The summed E-state index contributed by atoms with van der Waals surface area (Å²) in [5, 5.41) is 4.11. The molecule has 0 unspecified atom stereocenters. The van der Waals surface area contributed by atoms with Crippen molar-refractivity contribution in [2.24, 2.45) is 12.9 Å². The SMILES string of the molecule is CC(C)c1cc(NN)nc(-c2cnn(C)c2)n1. The predicted octanol–water partition coefficient (Wildman–Crippen LogP) is 1.29. The molecule has 0 fully saturated rings. The Bertz CT molecular complexity index is 516. The Hall–Kier alpha value is -1.95. The van der Waals surface area contributed by atoms with Gasteiger partial charge in [0.1, 0.15) is 5.82 Å². The fourth-order valence-electron chi connectivity index (χ4n) is 1.50. The minimum Gasteiger partial charge on any atom is -0.308 e. The second kappa shape index (κ2) is 4.50. The van der Waals surface area contributed by atoms with E-state index in [1.54, 1.807) is 10.9 Å². The number of anilines is 1. The molecular weight excluding hydrogens is 216 g/mol. The fourth-order valence-corrected chi connectivity index (χ4v) is 1.50. The summed E-state index contributed by atoms with van der Waals surface area (Å²) in [4.78, 5) is 8.82. The Morgan fingerprint density at radius 1 is 1.35 bits per heavy atom. The van der Waals surface area contributed by atoms with Crippen molar-refractivity contribution in [3.63, 3.8) is 0 Å². The van der Waals surface area contributed by atoms with Crippen molar-refractivity contribution < 1.29 is 0 Å². The monoisotopic (exact) mass is 232 g/mol. The minimum absolute atomic E-state index is 0.320. The van der Waals surface area contributed by atoms with Crippen LogP contribution in [-0.4, -0.2) is 19.7 Å². The molecule has 2 heterocycles. The summed E-state index contributed by atoms with van der Waals surface area (Å²) in [6.45, 7) is 4.16. The second-order valence-electron chi connectivity index (χ2n) is 4.20. The van der Waals surface area contributed by atoms with Gasteiger partial charge in [-0.15, -0.1) is 0 Å². The van der Waals surface area contributed by atoms with E-state index in [1.165, 1.54) is 0 Å². The molecule has 0 aliphatic carbocycles. The van der Waals surface area contributed by atoms with Crippen molar-refractivity contribution in [2.45, 2.75) is 19.8 Å². The number of aryl methyl sites for hydroxylation is 1. The highest BCUT2D eigenvalue weighted by atomic mass is 15.3. The molecule has 0 bridgehead atoms. The molecule has 0 atom stereocenters. The van der Waals surface area contributed by atoms with Crippen LogP contribution in [0.1, 0.15) is 25.5 Å². The molecule has 0 spiro atoms. The van der Waals surface area contributed by atoms with Crippen molar-refractivity contribution in [2.75, 3.05) is 5.43 Å². The smallest absolute Gasteiger partial charge is 0.165 e. The van der Waals surface area contributed by atoms with Gasteiger partial charge in [-0.3, -0.25) is 4.68 Å². The highest BCUT2D eigenvalue weighted by molar-refractivity contribution is 5.55. The molecule has 2 rings (SSSR count). The van der Waals surface area contributed by atoms with Crippen molar-refractivity contribution in [3.05, 3.63) is 24.2 Å². The van der Waals surface area contributed by atoms with Crippen LogP contribution in [0.25, 0.3) is 11.4 Å². The Labute approximate surface area is 99.9 Å². The van der Waals surface area contributed by atoms with E-state index in [2.05, 4.69) is 34.3 Å². The Morgan fingerprint density at radius 3 is 2.65 bits per heavy atom. The summed E-state index contributed by atoms with van der Waals surface area (Å²) >= 11 is 0. The van der Waals surface area contributed by atoms with E-state index >= 15 is 0 Å². The number of nitrogens with one attached hydrogen (secondary N) is 1. The van der Waals surface area contributed by atoms with Gasteiger partial charge in [-0.05, 0) is 5.92 Å². The van der Waals surface area contributed by atoms with Crippen LogP contribution in [0.5, 0.6) is 0 Å². The van der Waals surface area contributed by atoms with E-state index in [1.807, 2.05) is 19.3 Å². The minimum atomic E-state index is 0.320. The first-order valence-corrected chi connectivity index (χ1v) is 5.44. The molecule has 90 valence electrons. The number of hydrogen-bond donors (Lipinski definition) is 2. The van der Waals surface area contributed by atoms with Gasteiger partial charge >= 0.3 is 0 Å². The lowest BCUT2D eigenvalue weighted by atomic mass is 10.1. The molecule has 2 aromatic rings. The molecule has 6 nitrogen and oxygen atoms in total. The molecule has 0 amide bonds. The predicted molar refractivity (Wildman–Crippen MR) is 66.1 cm³/mol. The quantitative estimate of drug-likeness (QED) is 0.615. The van der Waals surface area contributed by atoms with Crippen molar-refractivity contribution in [1.82, 2.24) is 19.7 Å². The maximum Gasteiger partial charge on any atom is 0.165 e. The third-order valence-electron chi connectivity index (χ3n) is 2.45. The highest BCUT2D eigenvalue weighted by Crippen LogP contribution is 2.20. The Kier molecular flexibility index (Phi) is 3.06.